The van der Waals surface area contributed by atoms with Gasteiger partial charge < -0.3 is 10.6 Å². The first-order chi connectivity index (χ1) is 10.1. The molecule has 0 fully saturated rings. The lowest BCUT2D eigenvalue weighted by Crippen LogP contribution is -2.32. The van der Waals surface area contributed by atoms with Gasteiger partial charge in [-0.1, -0.05) is 65.7 Å². The number of hydrogen-bond acceptors (Lipinski definition) is 1. The molecule has 0 saturated heterocycles. The fraction of sp³-hybridized carbons (Fsp3) is 0.611. The van der Waals surface area contributed by atoms with Crippen molar-refractivity contribution in [2.45, 2.75) is 61.3 Å². The van der Waals surface area contributed by atoms with Gasteiger partial charge in [-0.2, -0.15) is 0 Å². The Labute approximate surface area is 131 Å². The van der Waals surface area contributed by atoms with Crippen LogP contribution < -0.4 is 10.6 Å². The number of rotatable bonds is 5. The third kappa shape index (κ3) is 12.0. The molecule has 1 aromatic carbocycles. The highest BCUT2D eigenvalue weighted by atomic mass is 16.2. The van der Waals surface area contributed by atoms with Crippen LogP contribution >= 0.6 is 0 Å². The van der Waals surface area contributed by atoms with Crippen LogP contribution in [0.4, 0.5) is 10.5 Å². The molecule has 0 aliphatic carbocycles. The van der Waals surface area contributed by atoms with Gasteiger partial charge in [0.15, 0.2) is 0 Å². The molecule has 1 rings (SSSR count). The zero-order valence-electron chi connectivity index (χ0n) is 14.9. The van der Waals surface area contributed by atoms with Crippen molar-refractivity contribution in [3.8, 4) is 0 Å². The van der Waals surface area contributed by atoms with E-state index in [-0.39, 0.29) is 6.03 Å². The molecule has 0 bridgehead atoms. The average Bonchev–Trinajstić information content (AvgIpc) is 2.52. The summed E-state index contributed by atoms with van der Waals surface area (Å²) in [7, 11) is 0. The zero-order valence-corrected chi connectivity index (χ0v) is 14.9. The highest BCUT2D eigenvalue weighted by Crippen LogP contribution is 2.08. The third-order valence-electron chi connectivity index (χ3n) is 2.70. The quantitative estimate of drug-likeness (QED) is 0.728. The van der Waals surface area contributed by atoms with E-state index < -0.39 is 0 Å². The van der Waals surface area contributed by atoms with Gasteiger partial charge in [0.1, 0.15) is 0 Å². The molecule has 0 aliphatic rings. The van der Waals surface area contributed by atoms with Gasteiger partial charge in [0.05, 0.1) is 0 Å². The Bertz CT molecular complexity index is 347. The van der Waals surface area contributed by atoms with Crippen molar-refractivity contribution in [2.24, 2.45) is 5.92 Å². The van der Waals surface area contributed by atoms with Crippen molar-refractivity contribution in [2.75, 3.05) is 11.9 Å². The van der Waals surface area contributed by atoms with Crippen LogP contribution in [-0.2, 0) is 0 Å². The molecule has 0 saturated carbocycles. The van der Waals surface area contributed by atoms with Gasteiger partial charge in [-0.15, -0.1) is 0 Å². The number of anilines is 1. The molecule has 0 heterocycles. The molecule has 2 N–H and O–H groups in total. The molecular weight excluding hydrogens is 260 g/mol. The van der Waals surface area contributed by atoms with Crippen molar-refractivity contribution in [3.63, 3.8) is 0 Å². The van der Waals surface area contributed by atoms with Crippen LogP contribution in [0.2, 0.25) is 0 Å². The second-order valence-electron chi connectivity index (χ2n) is 4.59. The molecule has 122 valence electrons. The van der Waals surface area contributed by atoms with E-state index in [4.69, 9.17) is 0 Å². The molecule has 1 unspecified atom stereocenters. The second kappa shape index (κ2) is 14.9. The molecular formula is C18H34N2O. The lowest BCUT2D eigenvalue weighted by atomic mass is 10.1. The summed E-state index contributed by atoms with van der Waals surface area (Å²) in [4.78, 5) is 11.6. The van der Waals surface area contributed by atoms with Crippen LogP contribution in [0.5, 0.6) is 0 Å². The van der Waals surface area contributed by atoms with Gasteiger partial charge in [-0.25, -0.2) is 4.79 Å². The van der Waals surface area contributed by atoms with Crippen LogP contribution in [0.25, 0.3) is 0 Å². The monoisotopic (exact) mass is 294 g/mol. The summed E-state index contributed by atoms with van der Waals surface area (Å²) >= 11 is 0. The number of hydrogen-bond donors (Lipinski definition) is 2. The van der Waals surface area contributed by atoms with Crippen molar-refractivity contribution in [3.05, 3.63) is 29.8 Å². The summed E-state index contributed by atoms with van der Waals surface area (Å²) in [5.41, 5.74) is 2.02. The van der Waals surface area contributed by atoms with Gasteiger partial charge in [-0.3, -0.25) is 0 Å². The number of amides is 2. The van der Waals surface area contributed by atoms with E-state index in [9.17, 15) is 4.79 Å². The molecule has 21 heavy (non-hydrogen) atoms. The van der Waals surface area contributed by atoms with Crippen LogP contribution in [0.3, 0.4) is 0 Å². The van der Waals surface area contributed by atoms with Gasteiger partial charge in [0.2, 0.25) is 0 Å². The Hall–Kier alpha value is -1.51. The van der Waals surface area contributed by atoms with Crippen LogP contribution in [0.15, 0.2) is 24.3 Å². The molecule has 0 aliphatic heterocycles. The summed E-state index contributed by atoms with van der Waals surface area (Å²) < 4.78 is 0. The standard InChI is InChI=1S/C14H22N2O.2C2H6/c1-4-5-12(3)10-15-14(17)16-13-8-6-11(2)7-9-13;2*1-2/h6-9,12H,4-5,10H2,1-3H3,(H2,15,16,17);2*1-2H3. The number of aryl methyl sites for hydroxylation is 1. The highest BCUT2D eigenvalue weighted by Gasteiger charge is 2.04. The first-order valence-electron chi connectivity index (χ1n) is 8.23. The summed E-state index contributed by atoms with van der Waals surface area (Å²) in [6.45, 7) is 15.1. The first-order valence-corrected chi connectivity index (χ1v) is 8.23. The molecule has 1 atom stereocenters. The molecule has 3 heteroatoms. The molecule has 1 aromatic rings. The number of carbonyl (C=O) groups excluding carboxylic acids is 1. The van der Waals surface area contributed by atoms with E-state index in [1.165, 1.54) is 5.56 Å². The molecule has 0 radical (unpaired) electrons. The topological polar surface area (TPSA) is 41.1 Å². The predicted molar refractivity (Wildman–Crippen MR) is 95.0 cm³/mol. The number of nitrogens with one attached hydrogen (secondary N) is 2. The van der Waals surface area contributed by atoms with Crippen LogP contribution in [0, 0.1) is 12.8 Å². The number of benzene rings is 1. The Balaban J connectivity index is 0. The Morgan fingerprint density at radius 2 is 1.62 bits per heavy atom. The molecule has 3 nitrogen and oxygen atoms in total. The molecule has 0 aromatic heterocycles. The average molecular weight is 294 g/mol. The fourth-order valence-electron chi connectivity index (χ4n) is 1.67. The Morgan fingerprint density at radius 3 is 2.10 bits per heavy atom. The fourth-order valence-corrected chi connectivity index (χ4v) is 1.67. The zero-order chi connectivity index (χ0) is 16.7. The second-order valence-corrected chi connectivity index (χ2v) is 4.59. The number of urea groups is 1. The highest BCUT2D eigenvalue weighted by molar-refractivity contribution is 5.89. The smallest absolute Gasteiger partial charge is 0.319 e. The maximum atomic E-state index is 11.6. The summed E-state index contributed by atoms with van der Waals surface area (Å²) in [5.74, 6) is 0.531. The normalized spacial score (nSPS) is 10.2. The summed E-state index contributed by atoms with van der Waals surface area (Å²) in [6.07, 6.45) is 2.30. The van der Waals surface area contributed by atoms with E-state index in [2.05, 4.69) is 24.5 Å². The van der Waals surface area contributed by atoms with Gasteiger partial charge >= 0.3 is 6.03 Å². The minimum Gasteiger partial charge on any atom is -0.338 e. The van der Waals surface area contributed by atoms with Crippen molar-refractivity contribution >= 4 is 11.7 Å². The molecule has 0 spiro atoms. The number of carbonyl (C=O) groups is 1. The van der Waals surface area contributed by atoms with Gasteiger partial charge in [-0.05, 0) is 31.4 Å². The Kier molecular flexibility index (Phi) is 15.4. The van der Waals surface area contributed by atoms with Gasteiger partial charge in [0, 0.05) is 12.2 Å². The maximum Gasteiger partial charge on any atom is 0.319 e. The Morgan fingerprint density at radius 1 is 1.10 bits per heavy atom. The van der Waals surface area contributed by atoms with Crippen molar-refractivity contribution in [1.82, 2.24) is 5.32 Å². The van der Waals surface area contributed by atoms with Crippen LogP contribution in [-0.4, -0.2) is 12.6 Å². The van der Waals surface area contributed by atoms with E-state index in [1.54, 1.807) is 0 Å². The third-order valence-corrected chi connectivity index (χ3v) is 2.70. The minimum atomic E-state index is -0.128. The first kappa shape index (κ1) is 21.8. The summed E-state index contributed by atoms with van der Waals surface area (Å²) in [6, 6.07) is 7.65. The lowest BCUT2D eigenvalue weighted by Gasteiger charge is -2.12. The van der Waals surface area contributed by atoms with Crippen LogP contribution in [0.1, 0.15) is 59.9 Å². The van der Waals surface area contributed by atoms with E-state index >= 15 is 0 Å². The summed E-state index contributed by atoms with van der Waals surface area (Å²) in [5, 5.41) is 5.70. The maximum absolute atomic E-state index is 11.6. The minimum absolute atomic E-state index is 0.128. The SMILES string of the molecule is CC.CC.CCCC(C)CNC(=O)Nc1ccc(C)cc1. The largest absolute Gasteiger partial charge is 0.338 e. The van der Waals surface area contributed by atoms with E-state index in [0.717, 1.165) is 25.1 Å². The molecule has 2 amide bonds. The lowest BCUT2D eigenvalue weighted by molar-refractivity contribution is 0.250. The predicted octanol–water partition coefficient (Wildman–Crippen LogP) is 5.61. The van der Waals surface area contributed by atoms with E-state index in [1.807, 2.05) is 58.9 Å². The van der Waals surface area contributed by atoms with Crippen molar-refractivity contribution < 1.29 is 4.79 Å². The van der Waals surface area contributed by atoms with E-state index in [0.29, 0.717) is 5.92 Å². The van der Waals surface area contributed by atoms with Crippen molar-refractivity contribution in [1.29, 1.82) is 0 Å². The van der Waals surface area contributed by atoms with Gasteiger partial charge in [0.25, 0.3) is 0 Å².